The second kappa shape index (κ2) is 9.21. The van der Waals surface area contributed by atoms with Crippen molar-refractivity contribution < 1.29 is 4.79 Å². The molecule has 0 bridgehead atoms. The van der Waals surface area contributed by atoms with E-state index in [1.807, 2.05) is 41.8 Å². The number of amides is 1. The number of aryl methyl sites for hydroxylation is 2. The van der Waals surface area contributed by atoms with Gasteiger partial charge in [-0.3, -0.25) is 9.36 Å². The highest BCUT2D eigenvalue weighted by molar-refractivity contribution is 7.99. The minimum atomic E-state index is -0.0605. The second-order valence-corrected chi connectivity index (χ2v) is 8.42. The third kappa shape index (κ3) is 4.36. The molecule has 1 aromatic carbocycles. The molecule has 7 heteroatoms. The Morgan fingerprint density at radius 1 is 1.32 bits per heavy atom. The third-order valence-electron chi connectivity index (χ3n) is 4.48. The predicted octanol–water partition coefficient (Wildman–Crippen LogP) is 5.10. The number of allylic oxidation sites excluding steroid dienone is 1. The Bertz CT molecular complexity index is 990. The zero-order chi connectivity index (χ0) is 20.1. The number of rotatable bonds is 8. The van der Waals surface area contributed by atoms with Gasteiger partial charge in [0.25, 0.3) is 0 Å². The van der Waals surface area contributed by atoms with Crippen LogP contribution in [0.1, 0.15) is 22.9 Å². The topological polar surface area (TPSA) is 59.8 Å². The maximum atomic E-state index is 12.4. The highest BCUT2D eigenvalue weighted by Crippen LogP contribution is 2.32. The number of carbonyl (C=O) groups excluding carboxylic acids is 1. The summed E-state index contributed by atoms with van der Waals surface area (Å²) >= 11 is 3.12. The Hall–Kier alpha value is -2.38. The molecule has 146 valence electrons. The van der Waals surface area contributed by atoms with E-state index in [1.54, 1.807) is 11.3 Å². The van der Waals surface area contributed by atoms with E-state index in [0.29, 0.717) is 6.54 Å². The number of benzene rings is 1. The number of aromatic nitrogens is 3. The van der Waals surface area contributed by atoms with Crippen molar-refractivity contribution in [1.82, 2.24) is 14.8 Å². The van der Waals surface area contributed by atoms with Crippen molar-refractivity contribution in [2.75, 3.05) is 11.1 Å². The van der Waals surface area contributed by atoms with Crippen LogP contribution in [0.5, 0.6) is 0 Å². The van der Waals surface area contributed by atoms with Crippen LogP contribution in [0.4, 0.5) is 5.69 Å². The molecular weight excluding hydrogens is 388 g/mol. The quantitative estimate of drug-likeness (QED) is 0.413. The van der Waals surface area contributed by atoms with Crippen molar-refractivity contribution in [2.45, 2.75) is 38.9 Å². The molecule has 1 N–H and O–H groups in total. The molecule has 0 aliphatic carbocycles. The molecule has 5 nitrogen and oxygen atoms in total. The second-order valence-electron chi connectivity index (χ2n) is 6.39. The number of nitrogens with zero attached hydrogens (tertiary/aromatic N) is 3. The zero-order valence-corrected chi connectivity index (χ0v) is 18.0. The van der Waals surface area contributed by atoms with Gasteiger partial charge in [-0.25, -0.2) is 0 Å². The molecule has 2 aromatic heterocycles. The average molecular weight is 413 g/mol. The fraction of sp³-hybridized carbons (Fsp3) is 0.286. The molecule has 3 rings (SSSR count). The number of anilines is 1. The summed E-state index contributed by atoms with van der Waals surface area (Å²) in [4.78, 5) is 13.7. The molecule has 0 saturated carbocycles. The molecule has 0 atom stereocenters. The van der Waals surface area contributed by atoms with Crippen molar-refractivity contribution in [2.24, 2.45) is 0 Å². The average Bonchev–Trinajstić information content (AvgIpc) is 3.25. The first-order chi connectivity index (χ1) is 13.5. The van der Waals surface area contributed by atoms with E-state index in [0.717, 1.165) is 34.2 Å². The number of nitrogens with one attached hydrogen (secondary N) is 1. The van der Waals surface area contributed by atoms with E-state index in [-0.39, 0.29) is 11.7 Å². The fourth-order valence-corrected chi connectivity index (χ4v) is 4.71. The molecular formula is C21H24N4OS2. The lowest BCUT2D eigenvalue weighted by Gasteiger charge is -2.09. The van der Waals surface area contributed by atoms with Gasteiger partial charge in [0.1, 0.15) is 0 Å². The first-order valence-electron chi connectivity index (χ1n) is 9.14. The maximum Gasteiger partial charge on any atom is 0.234 e. The van der Waals surface area contributed by atoms with Gasteiger partial charge in [0, 0.05) is 28.1 Å². The van der Waals surface area contributed by atoms with Gasteiger partial charge in [-0.15, -0.1) is 28.1 Å². The van der Waals surface area contributed by atoms with Crippen LogP contribution in [0.3, 0.4) is 0 Å². The molecule has 0 spiro atoms. The predicted molar refractivity (Wildman–Crippen MR) is 118 cm³/mol. The van der Waals surface area contributed by atoms with Crippen LogP contribution in [0.2, 0.25) is 0 Å². The summed E-state index contributed by atoms with van der Waals surface area (Å²) in [7, 11) is 0. The summed E-state index contributed by atoms with van der Waals surface area (Å²) in [5.41, 5.74) is 4.30. The summed E-state index contributed by atoms with van der Waals surface area (Å²) in [6.07, 6.45) is 2.78. The van der Waals surface area contributed by atoms with Crippen molar-refractivity contribution in [3.63, 3.8) is 0 Å². The van der Waals surface area contributed by atoms with Crippen molar-refractivity contribution in [3.05, 3.63) is 58.3 Å². The first-order valence-corrected chi connectivity index (χ1v) is 11.0. The molecule has 0 fully saturated rings. The van der Waals surface area contributed by atoms with Crippen molar-refractivity contribution >= 4 is 34.7 Å². The van der Waals surface area contributed by atoms with Gasteiger partial charge >= 0.3 is 0 Å². The summed E-state index contributed by atoms with van der Waals surface area (Å²) in [6, 6.07) is 7.75. The smallest absolute Gasteiger partial charge is 0.234 e. The van der Waals surface area contributed by atoms with Crippen LogP contribution in [0.15, 0.2) is 47.5 Å². The molecule has 0 saturated heterocycles. The Balaban J connectivity index is 1.77. The Morgan fingerprint density at radius 2 is 2.11 bits per heavy atom. The number of carbonyl (C=O) groups is 1. The summed E-state index contributed by atoms with van der Waals surface area (Å²) in [5, 5.41) is 14.6. The lowest BCUT2D eigenvalue weighted by atomic mass is 10.1. The van der Waals surface area contributed by atoms with E-state index < -0.39 is 0 Å². The fourth-order valence-electron chi connectivity index (χ4n) is 3.02. The van der Waals surface area contributed by atoms with Gasteiger partial charge in [-0.2, -0.15) is 0 Å². The number of thiophene rings is 1. The van der Waals surface area contributed by atoms with Crippen LogP contribution < -0.4 is 5.32 Å². The van der Waals surface area contributed by atoms with E-state index in [9.17, 15) is 4.79 Å². The van der Waals surface area contributed by atoms with Gasteiger partial charge in [0.05, 0.1) is 5.75 Å². The van der Waals surface area contributed by atoms with Crippen molar-refractivity contribution in [1.29, 1.82) is 0 Å². The van der Waals surface area contributed by atoms with E-state index in [4.69, 9.17) is 0 Å². The minimum absolute atomic E-state index is 0.0605. The van der Waals surface area contributed by atoms with Gasteiger partial charge in [-0.1, -0.05) is 43.0 Å². The molecule has 28 heavy (non-hydrogen) atoms. The standard InChI is InChI=1S/C21H24N4OS2/c1-5-11-25-20(17-12-27-15(4)16(17)6-2)23-24-21(25)28-13-19(26)22-18-10-8-7-9-14(18)3/h5,7-10,12H,1,6,11,13H2,2-4H3,(H,22,26). The number of hydrogen-bond donors (Lipinski definition) is 1. The lowest BCUT2D eigenvalue weighted by molar-refractivity contribution is -0.113. The monoisotopic (exact) mass is 412 g/mol. The van der Waals surface area contributed by atoms with Gasteiger partial charge < -0.3 is 5.32 Å². The van der Waals surface area contributed by atoms with Gasteiger partial charge in [0.15, 0.2) is 11.0 Å². The van der Waals surface area contributed by atoms with Crippen LogP contribution >= 0.6 is 23.1 Å². The Morgan fingerprint density at radius 3 is 2.82 bits per heavy atom. The molecule has 3 aromatic rings. The molecule has 0 aliphatic rings. The Kier molecular flexibility index (Phi) is 6.70. The van der Waals surface area contributed by atoms with Gasteiger partial charge in [0.2, 0.25) is 5.91 Å². The Labute approximate surface area is 173 Å². The van der Waals surface area contributed by atoms with E-state index in [1.165, 1.54) is 22.2 Å². The molecule has 0 unspecified atom stereocenters. The first kappa shape index (κ1) is 20.4. The summed E-state index contributed by atoms with van der Waals surface area (Å²) in [5.74, 6) is 1.05. The summed E-state index contributed by atoms with van der Waals surface area (Å²) < 4.78 is 2.03. The zero-order valence-electron chi connectivity index (χ0n) is 16.4. The maximum absolute atomic E-state index is 12.4. The highest BCUT2D eigenvalue weighted by atomic mass is 32.2. The van der Waals surface area contributed by atoms with Crippen LogP contribution in [0.25, 0.3) is 11.4 Å². The van der Waals surface area contributed by atoms with E-state index >= 15 is 0 Å². The van der Waals surface area contributed by atoms with Crippen LogP contribution in [-0.2, 0) is 17.8 Å². The van der Waals surface area contributed by atoms with Gasteiger partial charge in [-0.05, 0) is 37.5 Å². The number of hydrogen-bond acceptors (Lipinski definition) is 5. The van der Waals surface area contributed by atoms with Crippen LogP contribution in [0, 0.1) is 13.8 Å². The third-order valence-corrected chi connectivity index (χ3v) is 6.40. The SMILES string of the molecule is C=CCn1c(SCC(=O)Nc2ccccc2C)nnc1-c1csc(C)c1CC. The molecule has 0 radical (unpaired) electrons. The van der Waals surface area contributed by atoms with E-state index in [2.05, 4.69) is 41.3 Å². The molecule has 0 aliphatic heterocycles. The minimum Gasteiger partial charge on any atom is -0.325 e. The molecule has 2 heterocycles. The molecule has 1 amide bonds. The summed E-state index contributed by atoms with van der Waals surface area (Å²) in [6.45, 7) is 10.7. The number of thioether (sulfide) groups is 1. The normalized spacial score (nSPS) is 10.8. The largest absolute Gasteiger partial charge is 0.325 e. The lowest BCUT2D eigenvalue weighted by Crippen LogP contribution is -2.15. The van der Waals surface area contributed by atoms with Crippen LogP contribution in [-0.4, -0.2) is 26.4 Å². The highest BCUT2D eigenvalue weighted by Gasteiger charge is 2.19. The number of para-hydroxylation sites is 1. The van der Waals surface area contributed by atoms with Crippen molar-refractivity contribution in [3.8, 4) is 11.4 Å².